The van der Waals surface area contributed by atoms with Crippen molar-refractivity contribution < 1.29 is 4.74 Å². The minimum Gasteiger partial charge on any atom is -0.497 e. The third-order valence-corrected chi connectivity index (χ3v) is 5.34. The highest BCUT2D eigenvalue weighted by Gasteiger charge is 2.47. The average molecular weight is 279 g/mol. The summed E-state index contributed by atoms with van der Waals surface area (Å²) in [7, 11) is 3.80. The fourth-order valence-corrected chi connectivity index (χ4v) is 4.48. The van der Waals surface area contributed by atoms with Crippen LogP contribution in [0.2, 0.25) is 0 Å². The highest BCUT2D eigenvalue weighted by atomic mass is 16.5. The lowest BCUT2D eigenvalue weighted by Crippen LogP contribution is -2.46. The number of hydrogen-bond donors (Lipinski definition) is 1. The molecular weight excluding hydrogens is 258 g/mol. The molecule has 2 heteroatoms. The maximum absolute atomic E-state index is 5.48. The van der Waals surface area contributed by atoms with E-state index in [-0.39, 0.29) is 5.41 Å². The molecule has 108 valence electrons. The first kappa shape index (κ1) is 12.9. The number of methoxy groups -OCH3 is 1. The molecule has 2 unspecified atom stereocenters. The molecule has 0 fully saturated rings. The van der Waals surface area contributed by atoms with Crippen molar-refractivity contribution in [2.45, 2.75) is 24.2 Å². The fourth-order valence-electron chi connectivity index (χ4n) is 4.48. The Balaban J connectivity index is 2.01. The number of ether oxygens (including phenoxy) is 1. The van der Waals surface area contributed by atoms with Gasteiger partial charge in [0.2, 0.25) is 0 Å². The molecule has 2 bridgehead atoms. The summed E-state index contributed by atoms with van der Waals surface area (Å²) >= 11 is 0. The zero-order valence-corrected chi connectivity index (χ0v) is 12.6. The first-order valence-corrected chi connectivity index (χ1v) is 7.72. The Bertz CT molecular complexity index is 694. The molecule has 3 aliphatic rings. The van der Waals surface area contributed by atoms with Gasteiger partial charge in [-0.25, -0.2) is 0 Å². The number of benzene rings is 2. The van der Waals surface area contributed by atoms with Crippen molar-refractivity contribution in [3.8, 4) is 5.75 Å². The summed E-state index contributed by atoms with van der Waals surface area (Å²) in [6, 6.07) is 15.6. The Morgan fingerprint density at radius 2 is 1.95 bits per heavy atom. The van der Waals surface area contributed by atoms with Gasteiger partial charge in [-0.1, -0.05) is 30.3 Å². The van der Waals surface area contributed by atoms with Crippen molar-refractivity contribution in [3.63, 3.8) is 0 Å². The van der Waals surface area contributed by atoms with Crippen molar-refractivity contribution in [2.75, 3.05) is 20.7 Å². The first-order chi connectivity index (χ1) is 10.3. The van der Waals surface area contributed by atoms with E-state index in [1.807, 2.05) is 0 Å². The lowest BCUT2D eigenvalue weighted by atomic mass is 9.55. The monoisotopic (exact) mass is 279 g/mol. The van der Waals surface area contributed by atoms with Crippen LogP contribution >= 0.6 is 0 Å². The predicted molar refractivity (Wildman–Crippen MR) is 85.2 cm³/mol. The molecule has 0 radical (unpaired) electrons. The summed E-state index contributed by atoms with van der Waals surface area (Å²) in [5.41, 5.74) is 6.10. The van der Waals surface area contributed by atoms with Gasteiger partial charge in [0.05, 0.1) is 7.11 Å². The molecule has 0 saturated carbocycles. The second kappa shape index (κ2) is 4.60. The van der Waals surface area contributed by atoms with Gasteiger partial charge in [-0.3, -0.25) is 0 Å². The number of likely N-dealkylation sites (N-methyl/N-ethyl adjacent to an activating group) is 1. The van der Waals surface area contributed by atoms with E-state index in [9.17, 15) is 0 Å². The van der Waals surface area contributed by atoms with E-state index < -0.39 is 0 Å². The van der Waals surface area contributed by atoms with Crippen LogP contribution in [0.1, 0.15) is 41.0 Å². The van der Waals surface area contributed by atoms with E-state index in [1.54, 1.807) is 7.11 Å². The third-order valence-electron chi connectivity index (χ3n) is 5.34. The number of fused-ring (bicyclic) bond motifs is 1. The van der Waals surface area contributed by atoms with E-state index >= 15 is 0 Å². The molecule has 0 spiro atoms. The van der Waals surface area contributed by atoms with Gasteiger partial charge in [0.25, 0.3) is 0 Å². The number of hydrogen-bond acceptors (Lipinski definition) is 2. The van der Waals surface area contributed by atoms with E-state index in [1.165, 1.54) is 35.1 Å². The minimum atomic E-state index is 0.101. The molecule has 2 nitrogen and oxygen atoms in total. The molecule has 3 aliphatic carbocycles. The predicted octanol–water partition coefficient (Wildman–Crippen LogP) is 3.44. The summed E-state index contributed by atoms with van der Waals surface area (Å²) in [6.45, 7) is 0.983. The zero-order chi connectivity index (χ0) is 14.4. The van der Waals surface area contributed by atoms with E-state index in [0.29, 0.717) is 5.92 Å². The SMILES string of the molecule is CNCC12CCC(c3ccccc31)c1ccc(OC)cc12. The van der Waals surface area contributed by atoms with Gasteiger partial charge in [0, 0.05) is 17.9 Å². The lowest BCUT2D eigenvalue weighted by Gasteiger charge is -2.49. The van der Waals surface area contributed by atoms with Gasteiger partial charge < -0.3 is 10.1 Å². The summed E-state index contributed by atoms with van der Waals surface area (Å²) in [5, 5.41) is 3.43. The third kappa shape index (κ3) is 1.63. The Labute approximate surface area is 126 Å². The van der Waals surface area contributed by atoms with Gasteiger partial charge in [0.1, 0.15) is 5.75 Å². The smallest absolute Gasteiger partial charge is 0.119 e. The molecule has 0 heterocycles. The molecular formula is C19H21NO. The maximum Gasteiger partial charge on any atom is 0.119 e. The highest BCUT2D eigenvalue weighted by Crippen LogP contribution is 2.56. The topological polar surface area (TPSA) is 21.3 Å². The van der Waals surface area contributed by atoms with Crippen LogP contribution in [-0.2, 0) is 5.41 Å². The molecule has 1 N–H and O–H groups in total. The average Bonchev–Trinajstić information content (AvgIpc) is 2.55. The van der Waals surface area contributed by atoms with Crippen molar-refractivity contribution >= 4 is 0 Å². The molecule has 5 rings (SSSR count). The van der Waals surface area contributed by atoms with Crippen molar-refractivity contribution in [1.82, 2.24) is 5.32 Å². The van der Waals surface area contributed by atoms with Gasteiger partial charge in [-0.15, -0.1) is 0 Å². The van der Waals surface area contributed by atoms with Crippen LogP contribution in [-0.4, -0.2) is 20.7 Å². The summed E-state index contributed by atoms with van der Waals surface area (Å²) in [4.78, 5) is 0. The molecule has 0 amide bonds. The minimum absolute atomic E-state index is 0.101. The molecule has 0 saturated heterocycles. The molecule has 21 heavy (non-hydrogen) atoms. The van der Waals surface area contributed by atoms with Gasteiger partial charge in [0.15, 0.2) is 0 Å². The normalized spacial score (nSPS) is 25.3. The Kier molecular flexibility index (Phi) is 2.83. The number of rotatable bonds is 3. The number of nitrogens with one attached hydrogen (secondary N) is 1. The van der Waals surface area contributed by atoms with Crippen LogP contribution in [0.5, 0.6) is 5.75 Å². The Hall–Kier alpha value is -1.80. The highest BCUT2D eigenvalue weighted by molar-refractivity contribution is 5.60. The quantitative estimate of drug-likeness (QED) is 0.929. The van der Waals surface area contributed by atoms with Gasteiger partial charge in [-0.05, 0) is 54.3 Å². The van der Waals surface area contributed by atoms with E-state index in [4.69, 9.17) is 4.74 Å². The fraction of sp³-hybridized carbons (Fsp3) is 0.368. The second-order valence-corrected chi connectivity index (χ2v) is 6.24. The Morgan fingerprint density at radius 1 is 1.14 bits per heavy atom. The molecule has 2 aromatic carbocycles. The van der Waals surface area contributed by atoms with Crippen molar-refractivity contribution in [2.24, 2.45) is 0 Å². The Morgan fingerprint density at radius 3 is 2.76 bits per heavy atom. The van der Waals surface area contributed by atoms with Gasteiger partial charge >= 0.3 is 0 Å². The molecule has 0 aliphatic heterocycles. The van der Waals surface area contributed by atoms with Crippen LogP contribution in [0.15, 0.2) is 42.5 Å². The van der Waals surface area contributed by atoms with E-state index in [0.717, 1.165) is 12.3 Å². The van der Waals surface area contributed by atoms with Crippen molar-refractivity contribution in [3.05, 3.63) is 64.7 Å². The van der Waals surface area contributed by atoms with Crippen molar-refractivity contribution in [1.29, 1.82) is 0 Å². The second-order valence-electron chi connectivity index (χ2n) is 6.24. The summed E-state index contributed by atoms with van der Waals surface area (Å²) in [6.07, 6.45) is 2.47. The lowest BCUT2D eigenvalue weighted by molar-refractivity contribution is 0.356. The van der Waals surface area contributed by atoms with Gasteiger partial charge in [-0.2, -0.15) is 0 Å². The largest absolute Gasteiger partial charge is 0.497 e. The van der Waals surface area contributed by atoms with Crippen LogP contribution in [0.3, 0.4) is 0 Å². The zero-order valence-electron chi connectivity index (χ0n) is 12.6. The first-order valence-electron chi connectivity index (χ1n) is 7.72. The van der Waals surface area contributed by atoms with Crippen LogP contribution < -0.4 is 10.1 Å². The molecule has 0 aromatic heterocycles. The molecule has 2 atom stereocenters. The summed E-state index contributed by atoms with van der Waals surface area (Å²) in [5.74, 6) is 1.52. The van der Waals surface area contributed by atoms with Crippen LogP contribution in [0.25, 0.3) is 0 Å². The molecule has 2 aromatic rings. The summed E-state index contributed by atoms with van der Waals surface area (Å²) < 4.78 is 5.48. The maximum atomic E-state index is 5.48. The van der Waals surface area contributed by atoms with Crippen LogP contribution in [0, 0.1) is 0 Å². The standard InChI is InChI=1S/C19H21NO/c1-20-12-19-10-9-14(15-5-3-4-6-17(15)19)16-8-7-13(21-2)11-18(16)19/h3-8,11,14,20H,9-10,12H2,1-2H3. The van der Waals surface area contributed by atoms with E-state index in [2.05, 4.69) is 54.8 Å². The van der Waals surface area contributed by atoms with Crippen LogP contribution in [0.4, 0.5) is 0 Å².